The predicted octanol–water partition coefficient (Wildman–Crippen LogP) is 4.11. The third kappa shape index (κ3) is 5.39. The van der Waals surface area contributed by atoms with Gasteiger partial charge in [-0.1, -0.05) is 18.2 Å². The van der Waals surface area contributed by atoms with E-state index >= 15 is 0 Å². The average molecular weight is 532 g/mol. The van der Waals surface area contributed by atoms with Crippen molar-refractivity contribution in [3.63, 3.8) is 0 Å². The van der Waals surface area contributed by atoms with E-state index in [1.165, 1.54) is 6.20 Å². The van der Waals surface area contributed by atoms with Crippen LogP contribution >= 0.6 is 0 Å². The van der Waals surface area contributed by atoms with Crippen molar-refractivity contribution >= 4 is 40.1 Å². The summed E-state index contributed by atoms with van der Waals surface area (Å²) < 4.78 is 33.2. The third-order valence-corrected chi connectivity index (χ3v) is 7.04. The first-order chi connectivity index (χ1) is 18.6. The number of amides is 2. The van der Waals surface area contributed by atoms with Crippen molar-refractivity contribution in [1.29, 1.82) is 5.26 Å². The Morgan fingerprint density at radius 2 is 2.08 bits per heavy atom. The monoisotopic (exact) mass is 531 g/mol. The Bertz CT molecular complexity index is 1530. The average Bonchev–Trinajstić information content (AvgIpc) is 3.25. The number of rotatable bonds is 5. The quantitative estimate of drug-likeness (QED) is 0.498. The van der Waals surface area contributed by atoms with E-state index in [1.807, 2.05) is 56.4 Å². The number of aromatic nitrogens is 1. The van der Waals surface area contributed by atoms with Crippen LogP contribution < -0.4 is 15.0 Å². The summed E-state index contributed by atoms with van der Waals surface area (Å²) in [7, 11) is 2.03. The van der Waals surface area contributed by atoms with Gasteiger partial charge in [0.1, 0.15) is 18.4 Å². The molecule has 2 aliphatic heterocycles. The van der Waals surface area contributed by atoms with Crippen LogP contribution in [0.1, 0.15) is 34.8 Å². The summed E-state index contributed by atoms with van der Waals surface area (Å²) in [5, 5.41) is 12.2. The van der Waals surface area contributed by atoms with Crippen molar-refractivity contribution < 1.29 is 23.1 Å². The van der Waals surface area contributed by atoms with Gasteiger partial charge in [-0.05, 0) is 54.0 Å². The van der Waals surface area contributed by atoms with Gasteiger partial charge in [-0.15, -0.1) is 0 Å². The van der Waals surface area contributed by atoms with E-state index in [0.717, 1.165) is 39.6 Å². The van der Waals surface area contributed by atoms with Crippen LogP contribution in [0.5, 0.6) is 5.75 Å². The second-order valence-corrected chi connectivity index (χ2v) is 9.82. The minimum atomic E-state index is -3.12. The van der Waals surface area contributed by atoms with Crippen LogP contribution in [-0.2, 0) is 4.79 Å². The number of halogens is 2. The fourth-order valence-electron chi connectivity index (χ4n) is 4.94. The van der Waals surface area contributed by atoms with Crippen molar-refractivity contribution in [1.82, 2.24) is 15.2 Å². The van der Waals surface area contributed by atoms with Gasteiger partial charge >= 0.3 is 0 Å². The number of alkyl halides is 2. The summed E-state index contributed by atoms with van der Waals surface area (Å²) in [6.45, 7) is 2.14. The molecule has 0 bridgehead atoms. The molecule has 0 aliphatic carbocycles. The molecule has 2 amide bonds. The minimum Gasteiger partial charge on any atom is -0.490 e. The van der Waals surface area contributed by atoms with E-state index in [-0.39, 0.29) is 0 Å². The third-order valence-electron chi connectivity index (χ3n) is 7.04. The van der Waals surface area contributed by atoms with E-state index < -0.39 is 43.3 Å². The first-order valence-electron chi connectivity index (χ1n) is 12.6. The number of anilines is 1. The fourth-order valence-corrected chi connectivity index (χ4v) is 4.94. The second kappa shape index (κ2) is 10.3. The molecule has 2 aliphatic rings. The molecule has 200 valence electrons. The van der Waals surface area contributed by atoms with Crippen molar-refractivity contribution in [2.24, 2.45) is 0 Å². The maximum atomic E-state index is 13.7. The zero-order chi connectivity index (χ0) is 27.7. The Hall–Kier alpha value is -4.52. The molecule has 1 atom stereocenters. The molecule has 0 saturated carbocycles. The molecular weight excluding hydrogens is 504 g/mol. The number of nitrogens with one attached hydrogen (secondary N) is 1. The van der Waals surface area contributed by atoms with Crippen molar-refractivity contribution in [3.8, 4) is 11.8 Å². The largest absolute Gasteiger partial charge is 0.490 e. The second-order valence-electron chi connectivity index (χ2n) is 9.82. The Kier molecular flexibility index (Phi) is 6.91. The number of pyridine rings is 1. The zero-order valence-electron chi connectivity index (χ0n) is 21.6. The molecule has 39 heavy (non-hydrogen) atoms. The van der Waals surface area contributed by atoms with Gasteiger partial charge in [0.2, 0.25) is 5.91 Å². The topological polar surface area (TPSA) is 98.6 Å². The van der Waals surface area contributed by atoms with Gasteiger partial charge in [0, 0.05) is 25.1 Å². The van der Waals surface area contributed by atoms with Crippen LogP contribution in [0, 0.1) is 11.3 Å². The predicted molar refractivity (Wildman–Crippen MR) is 144 cm³/mol. The Balaban J connectivity index is 1.35. The van der Waals surface area contributed by atoms with Crippen LogP contribution in [0.15, 0.2) is 48.7 Å². The highest BCUT2D eigenvalue weighted by Crippen LogP contribution is 2.34. The lowest BCUT2D eigenvalue weighted by molar-refractivity contribution is -0.131. The van der Waals surface area contributed by atoms with Gasteiger partial charge in [-0.2, -0.15) is 5.26 Å². The van der Waals surface area contributed by atoms with E-state index in [1.54, 1.807) is 12.1 Å². The number of hydrogen-bond acceptors (Lipinski definition) is 6. The number of ether oxygens (including phenoxy) is 1. The highest BCUT2D eigenvalue weighted by Gasteiger charge is 2.47. The van der Waals surface area contributed by atoms with Gasteiger partial charge in [-0.25, -0.2) is 8.78 Å². The number of nitriles is 1. The molecule has 0 radical (unpaired) electrons. The number of likely N-dealkylation sites (tertiary alicyclic amines) is 1. The van der Waals surface area contributed by atoms with Gasteiger partial charge in [-0.3, -0.25) is 14.6 Å². The number of nitrogens with zero attached hydrogens (tertiary/aromatic N) is 4. The van der Waals surface area contributed by atoms with E-state index in [0.29, 0.717) is 23.1 Å². The smallest absolute Gasteiger partial charge is 0.268 e. The summed E-state index contributed by atoms with van der Waals surface area (Å²) in [4.78, 5) is 32.8. The number of hydrogen-bond donors (Lipinski definition) is 1. The maximum absolute atomic E-state index is 13.7. The van der Waals surface area contributed by atoms with Gasteiger partial charge in [0.05, 0.1) is 42.5 Å². The lowest BCUT2D eigenvalue weighted by Crippen LogP contribution is -2.43. The Morgan fingerprint density at radius 1 is 1.26 bits per heavy atom. The van der Waals surface area contributed by atoms with E-state index in [4.69, 9.17) is 10.00 Å². The van der Waals surface area contributed by atoms with Crippen molar-refractivity contribution in [3.05, 3.63) is 65.4 Å². The lowest BCUT2D eigenvalue weighted by Gasteiger charge is -2.28. The summed E-state index contributed by atoms with van der Waals surface area (Å²) >= 11 is 0. The summed E-state index contributed by atoms with van der Waals surface area (Å²) in [5.41, 5.74) is 4.81. The maximum Gasteiger partial charge on any atom is 0.268 e. The number of allylic oxidation sites excluding steroid dienone is 1. The zero-order valence-corrected chi connectivity index (χ0v) is 21.6. The molecule has 8 nitrogen and oxygen atoms in total. The molecule has 5 rings (SSSR count). The highest BCUT2D eigenvalue weighted by atomic mass is 19.3. The SMILES string of the molecule is CC(=Cc1ccc2nccc(C(=O)NCC(=O)N3CC(F)(F)CC3C#N)c2c1)c1ccc2c(c1)OCCN2C. The Morgan fingerprint density at radius 3 is 2.87 bits per heavy atom. The molecule has 10 heteroatoms. The van der Waals surface area contributed by atoms with Crippen LogP contribution in [0.25, 0.3) is 22.6 Å². The number of fused-ring (bicyclic) bond motifs is 2. The van der Waals surface area contributed by atoms with Crippen molar-refractivity contribution in [2.45, 2.75) is 25.3 Å². The normalized spacial score (nSPS) is 18.3. The molecule has 3 aromatic rings. The molecule has 1 fully saturated rings. The lowest BCUT2D eigenvalue weighted by atomic mass is 10.0. The number of benzene rings is 2. The van der Waals surface area contributed by atoms with Gasteiger partial charge < -0.3 is 19.9 Å². The first-order valence-corrected chi connectivity index (χ1v) is 12.6. The molecule has 1 saturated heterocycles. The minimum absolute atomic E-state index is 0.300. The molecule has 1 N–H and O–H groups in total. The van der Waals surface area contributed by atoms with Crippen molar-refractivity contribution in [2.75, 3.05) is 38.2 Å². The summed E-state index contributed by atoms with van der Waals surface area (Å²) in [5.74, 6) is -3.55. The van der Waals surface area contributed by atoms with Crippen LogP contribution in [0.2, 0.25) is 0 Å². The number of carbonyl (C=O) groups excluding carboxylic acids is 2. The molecular formula is C29H27F2N5O3. The van der Waals surface area contributed by atoms with E-state index in [2.05, 4.69) is 15.2 Å². The molecule has 3 heterocycles. The van der Waals surface area contributed by atoms with Crippen LogP contribution in [0.3, 0.4) is 0 Å². The number of carbonyl (C=O) groups is 2. The standard InChI is InChI=1S/C29H27F2N5O3/c1-18(20-4-6-25-26(13-20)39-10-9-35(25)2)11-19-3-5-24-23(12-19)22(7-8-33-24)28(38)34-16-27(37)36-17-29(30,31)14-21(36)15-32/h3-8,11-13,21H,9-10,14,16-17H2,1-2H3,(H,34,38). The molecule has 1 aromatic heterocycles. The number of likely N-dealkylation sites (N-methyl/N-ethyl adjacent to an activating group) is 1. The molecule has 2 aromatic carbocycles. The molecule has 0 spiro atoms. The summed E-state index contributed by atoms with van der Waals surface area (Å²) in [6, 6.07) is 13.7. The van der Waals surface area contributed by atoms with Gasteiger partial charge in [0.15, 0.2) is 0 Å². The van der Waals surface area contributed by atoms with Crippen LogP contribution in [-0.4, -0.2) is 67.0 Å². The first kappa shape index (κ1) is 26.1. The summed E-state index contributed by atoms with van der Waals surface area (Å²) in [6.07, 6.45) is 2.79. The fraction of sp³-hybridized carbons (Fsp3) is 0.310. The molecule has 1 unspecified atom stereocenters. The van der Waals surface area contributed by atoms with Crippen LogP contribution in [0.4, 0.5) is 14.5 Å². The Labute approximate surface area is 224 Å². The highest BCUT2D eigenvalue weighted by molar-refractivity contribution is 6.07. The van der Waals surface area contributed by atoms with E-state index in [9.17, 15) is 18.4 Å². The van der Waals surface area contributed by atoms with Gasteiger partial charge in [0.25, 0.3) is 11.8 Å².